The van der Waals surface area contributed by atoms with Gasteiger partial charge in [-0.15, -0.1) is 0 Å². The van der Waals surface area contributed by atoms with Gasteiger partial charge in [-0.25, -0.2) is 0 Å². The molecule has 0 saturated heterocycles. The van der Waals surface area contributed by atoms with Gasteiger partial charge in [0.2, 0.25) is 0 Å². The molecule has 0 unspecified atom stereocenters. The van der Waals surface area contributed by atoms with Crippen molar-refractivity contribution in [2.75, 3.05) is 0 Å². The van der Waals surface area contributed by atoms with Gasteiger partial charge in [-0.05, 0) is 95.3 Å². The second-order valence-electron chi connectivity index (χ2n) is 11.9. The van der Waals surface area contributed by atoms with Crippen molar-refractivity contribution in [3.8, 4) is 33.4 Å². The molecule has 9 aromatic carbocycles. The van der Waals surface area contributed by atoms with Crippen LogP contribution >= 0.6 is 0 Å². The highest BCUT2D eigenvalue weighted by molar-refractivity contribution is 6.28. The van der Waals surface area contributed by atoms with Crippen LogP contribution in [-0.4, -0.2) is 0 Å². The molecule has 1 nitrogen and oxygen atoms in total. The van der Waals surface area contributed by atoms with Gasteiger partial charge in [0.05, 0.1) is 8.22 Å². The monoisotopic (exact) mass is 602 g/mol. The Hall–Kier alpha value is -6.18. The minimum absolute atomic E-state index is 0.0385. The molecule has 1 aromatic heterocycles. The summed E-state index contributed by atoms with van der Waals surface area (Å²) in [5.74, 6) is 0. The summed E-state index contributed by atoms with van der Waals surface area (Å²) < 4.78 is 61.3. The molecular formula is C46H28O. The molecule has 0 aliphatic heterocycles. The van der Waals surface area contributed by atoms with Gasteiger partial charge in [0.25, 0.3) is 0 Å². The Kier molecular flexibility index (Phi) is 4.49. The number of rotatable bonds is 3. The third-order valence-corrected chi connectivity index (χ3v) is 9.34. The predicted octanol–water partition coefficient (Wildman–Crippen LogP) is 13.2. The van der Waals surface area contributed by atoms with Crippen molar-refractivity contribution in [2.45, 2.75) is 0 Å². The summed E-state index contributed by atoms with van der Waals surface area (Å²) >= 11 is 0. The summed E-state index contributed by atoms with van der Waals surface area (Å²) in [5.41, 5.74) is 5.62. The van der Waals surface area contributed by atoms with Crippen LogP contribution in [0.3, 0.4) is 0 Å². The maximum atomic E-state index is 9.86. The summed E-state index contributed by atoms with van der Waals surface area (Å²) in [7, 11) is 0. The minimum Gasteiger partial charge on any atom is -0.455 e. The third-order valence-electron chi connectivity index (χ3n) is 9.34. The van der Waals surface area contributed by atoms with Crippen LogP contribution in [0.15, 0.2) is 174 Å². The Labute approximate surface area is 280 Å². The molecule has 0 amide bonds. The number of furan rings is 1. The highest BCUT2D eigenvalue weighted by Gasteiger charge is 2.22. The van der Waals surface area contributed by atoms with E-state index in [-0.39, 0.29) is 34.9 Å². The Morgan fingerprint density at radius 3 is 1.79 bits per heavy atom. The lowest BCUT2D eigenvalue weighted by Crippen LogP contribution is -1.93. The van der Waals surface area contributed by atoms with Gasteiger partial charge in [0.1, 0.15) is 11.2 Å². The molecule has 0 atom stereocenters. The van der Waals surface area contributed by atoms with E-state index in [0.717, 1.165) is 65.4 Å². The molecular weight excluding hydrogens is 569 g/mol. The molecule has 0 aliphatic carbocycles. The van der Waals surface area contributed by atoms with Gasteiger partial charge in [-0.1, -0.05) is 145 Å². The number of hydrogen-bond donors (Lipinski definition) is 0. The first-order valence-corrected chi connectivity index (χ1v) is 15.7. The highest BCUT2D eigenvalue weighted by Crippen LogP contribution is 2.49. The van der Waals surface area contributed by atoms with E-state index in [2.05, 4.69) is 42.5 Å². The first kappa shape index (κ1) is 20.8. The van der Waals surface area contributed by atoms with E-state index in [1.165, 1.54) is 0 Å². The second-order valence-corrected chi connectivity index (χ2v) is 11.9. The van der Waals surface area contributed by atoms with Crippen molar-refractivity contribution in [1.29, 1.82) is 0 Å². The lowest BCUT2D eigenvalue weighted by molar-refractivity contribution is 0.673. The quantitative estimate of drug-likeness (QED) is 0.183. The van der Waals surface area contributed by atoms with E-state index in [0.29, 0.717) is 22.3 Å². The molecule has 0 N–H and O–H groups in total. The maximum absolute atomic E-state index is 9.86. The van der Waals surface area contributed by atoms with Gasteiger partial charge in [0.15, 0.2) is 0 Å². The average Bonchev–Trinajstić information content (AvgIpc) is 3.59. The van der Waals surface area contributed by atoms with Crippen molar-refractivity contribution in [3.63, 3.8) is 0 Å². The molecule has 0 bridgehead atoms. The second kappa shape index (κ2) is 10.2. The SMILES string of the molecule is [2H]c1c([2H])c([2H])c2c(-c3c4ccccc4c(-c4cccc5oc6c7ccccc7ccc6c45)c4ccccc34)c([2H])c(-c3ccccc3)c([2H])c2c1[2H]. The molecule has 10 aromatic rings. The molecule has 10 rings (SSSR count). The molecule has 0 aliphatic rings. The zero-order valence-corrected chi connectivity index (χ0v) is 25.1. The van der Waals surface area contributed by atoms with Gasteiger partial charge >= 0.3 is 0 Å². The van der Waals surface area contributed by atoms with Crippen LogP contribution in [0.25, 0.3) is 98.4 Å². The standard InChI is InChI=1S/C46H28O/c1-2-13-29(14-3-1)32-27-31-16-5-6-17-33(31)41(28-32)44-37-21-10-8-19-35(37)43(36-20-9-11-22-38(36)44)39-23-12-24-42-45(39)40-26-25-30-15-4-7-18-34(30)46(40)47-42/h1-28H/i5D,6D,16D,17D,27D,28D. The molecule has 1 heteroatoms. The molecule has 0 radical (unpaired) electrons. The van der Waals surface area contributed by atoms with Crippen LogP contribution in [0, 0.1) is 0 Å². The summed E-state index contributed by atoms with van der Waals surface area (Å²) in [4.78, 5) is 0. The smallest absolute Gasteiger partial charge is 0.143 e. The van der Waals surface area contributed by atoms with Gasteiger partial charge < -0.3 is 4.42 Å². The van der Waals surface area contributed by atoms with E-state index in [1.807, 2.05) is 91.0 Å². The van der Waals surface area contributed by atoms with E-state index in [9.17, 15) is 4.11 Å². The summed E-state index contributed by atoms with van der Waals surface area (Å²) in [6.07, 6.45) is 0. The minimum atomic E-state index is -0.406. The summed E-state index contributed by atoms with van der Waals surface area (Å²) in [5, 5.41) is 7.94. The fourth-order valence-electron chi connectivity index (χ4n) is 7.32. The first-order chi connectivity index (χ1) is 25.8. The fourth-order valence-corrected chi connectivity index (χ4v) is 7.32. The van der Waals surface area contributed by atoms with Crippen LogP contribution < -0.4 is 0 Å². The Morgan fingerprint density at radius 1 is 0.404 bits per heavy atom. The number of hydrogen-bond acceptors (Lipinski definition) is 1. The molecule has 218 valence electrons. The summed E-state index contributed by atoms with van der Waals surface area (Å²) in [6, 6.07) is 42.6. The lowest BCUT2D eigenvalue weighted by atomic mass is 9.83. The van der Waals surface area contributed by atoms with Gasteiger partial charge in [-0.3, -0.25) is 0 Å². The van der Waals surface area contributed by atoms with Crippen LogP contribution in [0.4, 0.5) is 0 Å². The third kappa shape index (κ3) is 3.90. The van der Waals surface area contributed by atoms with E-state index >= 15 is 0 Å². The highest BCUT2D eigenvalue weighted by atomic mass is 16.3. The zero-order chi connectivity index (χ0) is 36.1. The Bertz CT molecular complexity index is 3130. The van der Waals surface area contributed by atoms with Crippen molar-refractivity contribution in [1.82, 2.24) is 0 Å². The lowest BCUT2D eigenvalue weighted by Gasteiger charge is -2.20. The molecule has 47 heavy (non-hydrogen) atoms. The van der Waals surface area contributed by atoms with Crippen LogP contribution in [-0.2, 0) is 0 Å². The van der Waals surface area contributed by atoms with E-state index < -0.39 is 12.1 Å². The topological polar surface area (TPSA) is 13.1 Å². The van der Waals surface area contributed by atoms with Crippen LogP contribution in [0.5, 0.6) is 0 Å². The number of fused-ring (bicyclic) bond motifs is 8. The van der Waals surface area contributed by atoms with E-state index in [1.54, 1.807) is 0 Å². The fraction of sp³-hybridized carbons (Fsp3) is 0. The largest absolute Gasteiger partial charge is 0.455 e. The number of benzene rings is 9. The van der Waals surface area contributed by atoms with E-state index in [4.69, 9.17) is 8.53 Å². The molecule has 0 spiro atoms. The van der Waals surface area contributed by atoms with Gasteiger partial charge in [-0.2, -0.15) is 0 Å². The predicted molar refractivity (Wildman–Crippen MR) is 200 cm³/mol. The van der Waals surface area contributed by atoms with Gasteiger partial charge in [0, 0.05) is 16.2 Å². The van der Waals surface area contributed by atoms with Crippen molar-refractivity contribution in [3.05, 3.63) is 170 Å². The zero-order valence-electron chi connectivity index (χ0n) is 31.1. The Balaban J connectivity index is 1.41. The first-order valence-electron chi connectivity index (χ1n) is 18.7. The normalized spacial score (nSPS) is 13.6. The molecule has 1 heterocycles. The Morgan fingerprint density at radius 2 is 1.04 bits per heavy atom. The van der Waals surface area contributed by atoms with Crippen LogP contribution in [0.2, 0.25) is 0 Å². The molecule has 0 fully saturated rings. The molecule has 0 saturated carbocycles. The summed E-state index contributed by atoms with van der Waals surface area (Å²) in [6.45, 7) is 0. The maximum Gasteiger partial charge on any atom is 0.143 e. The van der Waals surface area contributed by atoms with Crippen molar-refractivity contribution >= 4 is 65.0 Å². The van der Waals surface area contributed by atoms with Crippen molar-refractivity contribution < 1.29 is 12.6 Å². The van der Waals surface area contributed by atoms with Crippen molar-refractivity contribution in [2.24, 2.45) is 0 Å². The van der Waals surface area contributed by atoms with Crippen LogP contribution in [0.1, 0.15) is 8.22 Å². The average molecular weight is 603 g/mol.